The zero-order valence-corrected chi connectivity index (χ0v) is 17.9. The highest BCUT2D eigenvalue weighted by Crippen LogP contribution is 2.17. The number of fused-ring (bicyclic) bond motifs is 1. The summed E-state index contributed by atoms with van der Waals surface area (Å²) in [5.41, 5.74) is 0.645. The number of nitrogens with zero attached hydrogens (tertiary/aromatic N) is 3. The number of hydrogen-bond donors (Lipinski definition) is 1. The van der Waals surface area contributed by atoms with E-state index in [4.69, 9.17) is 4.74 Å². The third-order valence-electron chi connectivity index (χ3n) is 5.03. The Kier molecular flexibility index (Phi) is 7.02. The number of carbonyl (C=O) groups excluding carboxylic acids is 2. The lowest BCUT2D eigenvalue weighted by molar-refractivity contribution is -0.130. The summed E-state index contributed by atoms with van der Waals surface area (Å²) in [7, 11) is 1.54. The molecule has 162 valence electrons. The Morgan fingerprint density at radius 2 is 1.77 bits per heavy atom. The number of nitrogens with one attached hydrogen (secondary N) is 1. The maximum atomic E-state index is 12.9. The topological polar surface area (TPSA) is 93.5 Å². The summed E-state index contributed by atoms with van der Waals surface area (Å²) in [6.45, 7) is 4.74. The fourth-order valence-corrected chi connectivity index (χ4v) is 3.41. The molecule has 0 radical (unpaired) electrons. The summed E-state index contributed by atoms with van der Waals surface area (Å²) >= 11 is 0. The molecule has 0 atom stereocenters. The molecule has 0 saturated carbocycles. The molecule has 3 rings (SSSR count). The Balaban J connectivity index is 1.91. The third-order valence-corrected chi connectivity index (χ3v) is 5.03. The minimum atomic E-state index is -0.404. The van der Waals surface area contributed by atoms with Gasteiger partial charge in [0, 0.05) is 30.2 Å². The lowest BCUT2D eigenvalue weighted by atomic mass is 10.1. The van der Waals surface area contributed by atoms with Crippen LogP contribution < -0.4 is 15.6 Å². The van der Waals surface area contributed by atoms with E-state index < -0.39 is 5.91 Å². The lowest BCUT2D eigenvalue weighted by Gasteiger charge is -2.19. The van der Waals surface area contributed by atoms with Crippen LogP contribution in [0.25, 0.3) is 10.8 Å². The first kappa shape index (κ1) is 22.0. The van der Waals surface area contributed by atoms with Crippen LogP contribution in [0.2, 0.25) is 0 Å². The quantitative estimate of drug-likeness (QED) is 0.602. The average molecular weight is 422 g/mol. The number of benzene rings is 2. The number of aromatic nitrogens is 2. The van der Waals surface area contributed by atoms with Gasteiger partial charge in [0.2, 0.25) is 11.8 Å². The van der Waals surface area contributed by atoms with Crippen molar-refractivity contribution in [1.82, 2.24) is 14.7 Å². The first-order chi connectivity index (χ1) is 15.0. The molecule has 1 heterocycles. The molecule has 0 aliphatic heterocycles. The molecule has 8 heteroatoms. The molecule has 0 saturated heterocycles. The van der Waals surface area contributed by atoms with E-state index in [0.717, 1.165) is 4.68 Å². The maximum Gasteiger partial charge on any atom is 0.275 e. The van der Waals surface area contributed by atoms with E-state index in [1.807, 2.05) is 13.8 Å². The Hall–Kier alpha value is -3.68. The zero-order chi connectivity index (χ0) is 22.4. The summed E-state index contributed by atoms with van der Waals surface area (Å²) < 4.78 is 6.27. The average Bonchev–Trinajstić information content (AvgIpc) is 2.78. The van der Waals surface area contributed by atoms with Crippen molar-refractivity contribution in [3.8, 4) is 5.75 Å². The van der Waals surface area contributed by atoms with Gasteiger partial charge >= 0.3 is 0 Å². The van der Waals surface area contributed by atoms with E-state index in [-0.39, 0.29) is 24.4 Å². The molecule has 1 aromatic heterocycles. The molecular formula is C23H26N4O4. The highest BCUT2D eigenvalue weighted by Gasteiger charge is 2.17. The van der Waals surface area contributed by atoms with Crippen molar-refractivity contribution in [1.29, 1.82) is 0 Å². The van der Waals surface area contributed by atoms with Gasteiger partial charge in [0.25, 0.3) is 5.56 Å². The largest absolute Gasteiger partial charge is 0.497 e. The molecule has 0 bridgehead atoms. The second kappa shape index (κ2) is 9.88. The molecule has 0 unspecified atom stereocenters. The van der Waals surface area contributed by atoms with Gasteiger partial charge in [0.05, 0.1) is 24.6 Å². The Labute approximate surface area is 180 Å². The van der Waals surface area contributed by atoms with Crippen LogP contribution in [0.15, 0.2) is 53.3 Å². The van der Waals surface area contributed by atoms with Crippen LogP contribution in [0.5, 0.6) is 5.75 Å². The van der Waals surface area contributed by atoms with Crippen LogP contribution in [0.1, 0.15) is 19.5 Å². The fraction of sp³-hybridized carbons (Fsp3) is 0.304. The fourth-order valence-electron chi connectivity index (χ4n) is 3.41. The van der Waals surface area contributed by atoms with Gasteiger partial charge in [-0.3, -0.25) is 14.4 Å². The second-order valence-electron chi connectivity index (χ2n) is 6.98. The van der Waals surface area contributed by atoms with Gasteiger partial charge in [0.15, 0.2) is 0 Å². The van der Waals surface area contributed by atoms with E-state index >= 15 is 0 Å². The van der Waals surface area contributed by atoms with Gasteiger partial charge in [0.1, 0.15) is 12.3 Å². The van der Waals surface area contributed by atoms with Crippen LogP contribution >= 0.6 is 0 Å². The second-order valence-corrected chi connectivity index (χ2v) is 6.98. The van der Waals surface area contributed by atoms with Gasteiger partial charge < -0.3 is 15.0 Å². The van der Waals surface area contributed by atoms with Crippen LogP contribution in [-0.2, 0) is 22.6 Å². The number of amides is 2. The molecule has 2 amide bonds. The van der Waals surface area contributed by atoms with Crippen molar-refractivity contribution >= 4 is 28.3 Å². The molecule has 31 heavy (non-hydrogen) atoms. The third kappa shape index (κ3) is 5.09. The van der Waals surface area contributed by atoms with Crippen molar-refractivity contribution in [2.24, 2.45) is 0 Å². The number of anilines is 1. The number of ether oxygens (including phenoxy) is 1. The minimum Gasteiger partial charge on any atom is -0.497 e. The molecule has 0 fully saturated rings. The summed E-state index contributed by atoms with van der Waals surface area (Å²) in [5, 5.41) is 8.17. The lowest BCUT2D eigenvalue weighted by Crippen LogP contribution is -2.34. The highest BCUT2D eigenvalue weighted by atomic mass is 16.5. The van der Waals surface area contributed by atoms with Crippen LogP contribution in [0.4, 0.5) is 5.69 Å². The first-order valence-electron chi connectivity index (χ1n) is 10.2. The number of hydrogen-bond acceptors (Lipinski definition) is 5. The standard InChI is InChI=1S/C23H26N4O4/c1-4-26(5-2)22(29)14-20-18-11-6-7-12-19(18)23(30)27(25-20)15-21(28)24-16-9-8-10-17(13-16)31-3/h6-13H,4-5,14-15H2,1-3H3,(H,24,28). The normalized spacial score (nSPS) is 10.7. The summed E-state index contributed by atoms with van der Waals surface area (Å²) in [4.78, 5) is 39.8. The predicted octanol–water partition coefficient (Wildman–Crippen LogP) is 2.45. The van der Waals surface area contributed by atoms with Crippen molar-refractivity contribution in [3.05, 3.63) is 64.6 Å². The molecule has 3 aromatic rings. The monoisotopic (exact) mass is 422 g/mol. The number of methoxy groups -OCH3 is 1. The van der Waals surface area contributed by atoms with E-state index in [9.17, 15) is 14.4 Å². The highest BCUT2D eigenvalue weighted by molar-refractivity contribution is 5.91. The number of likely N-dealkylation sites (N-methyl/N-ethyl adjacent to an activating group) is 1. The van der Waals surface area contributed by atoms with Crippen molar-refractivity contribution in [3.63, 3.8) is 0 Å². The SMILES string of the molecule is CCN(CC)C(=O)Cc1nn(CC(=O)Nc2cccc(OC)c2)c(=O)c2ccccc12. The summed E-state index contributed by atoms with van der Waals surface area (Å²) in [6, 6.07) is 13.9. The minimum absolute atomic E-state index is 0.0555. The van der Waals surface area contributed by atoms with E-state index in [1.54, 1.807) is 60.5 Å². The summed E-state index contributed by atoms with van der Waals surface area (Å²) in [6.07, 6.45) is 0.0555. The molecule has 0 spiro atoms. The van der Waals surface area contributed by atoms with Crippen molar-refractivity contribution in [2.45, 2.75) is 26.8 Å². The smallest absolute Gasteiger partial charge is 0.275 e. The number of rotatable bonds is 8. The van der Waals surface area contributed by atoms with Crippen LogP contribution in [-0.4, -0.2) is 46.7 Å². The van der Waals surface area contributed by atoms with Gasteiger partial charge in [-0.15, -0.1) is 0 Å². The van der Waals surface area contributed by atoms with E-state index in [2.05, 4.69) is 10.4 Å². The molecule has 1 N–H and O–H groups in total. The van der Waals surface area contributed by atoms with Gasteiger partial charge in [-0.05, 0) is 32.0 Å². The molecular weight excluding hydrogens is 396 g/mol. The molecule has 0 aliphatic rings. The van der Waals surface area contributed by atoms with E-state index in [1.165, 1.54) is 0 Å². The van der Waals surface area contributed by atoms with Crippen molar-refractivity contribution < 1.29 is 14.3 Å². The van der Waals surface area contributed by atoms with Crippen LogP contribution in [0.3, 0.4) is 0 Å². The summed E-state index contributed by atoms with van der Waals surface area (Å²) in [5.74, 6) is 0.129. The molecule has 2 aromatic carbocycles. The van der Waals surface area contributed by atoms with Gasteiger partial charge in [-0.25, -0.2) is 4.68 Å². The molecule has 0 aliphatic carbocycles. The predicted molar refractivity (Wildman–Crippen MR) is 119 cm³/mol. The van der Waals surface area contributed by atoms with Crippen LogP contribution in [0, 0.1) is 0 Å². The van der Waals surface area contributed by atoms with Gasteiger partial charge in [-0.2, -0.15) is 5.10 Å². The zero-order valence-electron chi connectivity index (χ0n) is 17.9. The number of carbonyl (C=O) groups is 2. The first-order valence-corrected chi connectivity index (χ1v) is 10.2. The maximum absolute atomic E-state index is 12.9. The van der Waals surface area contributed by atoms with Crippen molar-refractivity contribution in [2.75, 3.05) is 25.5 Å². The van der Waals surface area contributed by atoms with Gasteiger partial charge in [-0.1, -0.05) is 24.3 Å². The van der Waals surface area contributed by atoms with E-state index in [0.29, 0.717) is 41.0 Å². The Morgan fingerprint density at radius 3 is 2.45 bits per heavy atom. The Bertz CT molecular complexity index is 1150. The Morgan fingerprint density at radius 1 is 1.06 bits per heavy atom. The molecule has 8 nitrogen and oxygen atoms in total.